The van der Waals surface area contributed by atoms with Gasteiger partial charge in [0.2, 0.25) is 0 Å². The van der Waals surface area contributed by atoms with Crippen LogP contribution in [0.5, 0.6) is 0 Å². The summed E-state index contributed by atoms with van der Waals surface area (Å²) in [4.78, 5) is 23.8. The van der Waals surface area contributed by atoms with Gasteiger partial charge in [-0.25, -0.2) is 9.78 Å². The van der Waals surface area contributed by atoms with Crippen molar-refractivity contribution in [1.29, 1.82) is 0 Å². The first kappa shape index (κ1) is 15.9. The van der Waals surface area contributed by atoms with Gasteiger partial charge in [0.1, 0.15) is 5.82 Å². The van der Waals surface area contributed by atoms with Gasteiger partial charge < -0.3 is 19.1 Å². The maximum absolute atomic E-state index is 12.6. The highest BCUT2D eigenvalue weighted by Crippen LogP contribution is 2.18. The van der Waals surface area contributed by atoms with Gasteiger partial charge in [0.25, 0.3) is 0 Å². The molecule has 0 spiro atoms. The SMILES string of the molecule is O=C(N1CCOCC1)N1CCn2cc(CN3CCCCC3)nc2C1. The Morgan fingerprint density at radius 1 is 1.00 bits per heavy atom. The van der Waals surface area contributed by atoms with E-state index >= 15 is 0 Å². The van der Waals surface area contributed by atoms with Crippen molar-refractivity contribution < 1.29 is 9.53 Å². The van der Waals surface area contributed by atoms with E-state index in [1.807, 2.05) is 9.80 Å². The minimum absolute atomic E-state index is 0.130. The van der Waals surface area contributed by atoms with Crippen LogP contribution < -0.4 is 0 Å². The second-order valence-electron chi connectivity index (χ2n) is 6.98. The zero-order valence-electron chi connectivity index (χ0n) is 14.3. The maximum Gasteiger partial charge on any atom is 0.320 e. The molecule has 4 rings (SSSR count). The van der Waals surface area contributed by atoms with Crippen molar-refractivity contribution in [2.24, 2.45) is 0 Å². The standard InChI is InChI=1S/C17H27N5O2/c23-17(20-8-10-24-11-9-20)22-7-6-21-13-15(18-16(21)14-22)12-19-4-2-1-3-5-19/h13H,1-12,14H2. The van der Waals surface area contributed by atoms with Crippen molar-refractivity contribution in [3.05, 3.63) is 17.7 Å². The molecule has 2 saturated heterocycles. The summed E-state index contributed by atoms with van der Waals surface area (Å²) in [5.74, 6) is 1.02. The molecule has 4 heterocycles. The Hall–Kier alpha value is -1.60. The number of imidazole rings is 1. The first-order chi connectivity index (χ1) is 11.8. The zero-order valence-corrected chi connectivity index (χ0v) is 14.3. The van der Waals surface area contributed by atoms with Crippen LogP contribution in [0.1, 0.15) is 30.8 Å². The Labute approximate surface area is 143 Å². The number of morpholine rings is 1. The fourth-order valence-corrected chi connectivity index (χ4v) is 3.85. The van der Waals surface area contributed by atoms with Crippen LogP contribution in [0.3, 0.4) is 0 Å². The smallest absolute Gasteiger partial charge is 0.320 e. The molecule has 132 valence electrons. The number of hydrogen-bond acceptors (Lipinski definition) is 4. The van der Waals surface area contributed by atoms with Gasteiger partial charge in [-0.2, -0.15) is 0 Å². The second-order valence-corrected chi connectivity index (χ2v) is 6.98. The second kappa shape index (κ2) is 7.11. The van der Waals surface area contributed by atoms with E-state index in [0.29, 0.717) is 32.8 Å². The average molecular weight is 333 g/mol. The first-order valence-electron chi connectivity index (χ1n) is 9.18. The van der Waals surface area contributed by atoms with Crippen molar-refractivity contribution in [3.8, 4) is 0 Å². The van der Waals surface area contributed by atoms with Crippen LogP contribution in [0.15, 0.2) is 6.20 Å². The molecule has 0 N–H and O–H groups in total. The number of carbonyl (C=O) groups is 1. The Balaban J connectivity index is 1.38. The number of nitrogens with zero attached hydrogens (tertiary/aromatic N) is 5. The summed E-state index contributed by atoms with van der Waals surface area (Å²) in [6, 6.07) is 0.130. The third kappa shape index (κ3) is 3.42. The van der Waals surface area contributed by atoms with Crippen LogP contribution in [0, 0.1) is 0 Å². The topological polar surface area (TPSA) is 53.8 Å². The van der Waals surface area contributed by atoms with E-state index in [0.717, 1.165) is 31.2 Å². The highest BCUT2D eigenvalue weighted by atomic mass is 16.5. The lowest BCUT2D eigenvalue weighted by Crippen LogP contribution is -2.50. The van der Waals surface area contributed by atoms with E-state index in [-0.39, 0.29) is 6.03 Å². The number of ether oxygens (including phenoxy) is 1. The molecule has 0 atom stereocenters. The summed E-state index contributed by atoms with van der Waals surface area (Å²) in [6.07, 6.45) is 6.14. The molecule has 0 radical (unpaired) electrons. The molecule has 24 heavy (non-hydrogen) atoms. The van der Waals surface area contributed by atoms with Crippen LogP contribution >= 0.6 is 0 Å². The van der Waals surface area contributed by atoms with Crippen molar-refractivity contribution in [2.45, 2.75) is 38.9 Å². The summed E-state index contributed by atoms with van der Waals surface area (Å²) in [5, 5.41) is 0. The van der Waals surface area contributed by atoms with Gasteiger partial charge in [0.05, 0.1) is 25.5 Å². The largest absolute Gasteiger partial charge is 0.378 e. The summed E-state index contributed by atoms with van der Waals surface area (Å²) in [5.41, 5.74) is 1.15. The van der Waals surface area contributed by atoms with Gasteiger partial charge in [-0.15, -0.1) is 0 Å². The first-order valence-corrected chi connectivity index (χ1v) is 9.18. The predicted molar refractivity (Wildman–Crippen MR) is 89.6 cm³/mol. The maximum atomic E-state index is 12.6. The molecule has 7 nitrogen and oxygen atoms in total. The van der Waals surface area contributed by atoms with E-state index in [1.54, 1.807) is 0 Å². The number of rotatable bonds is 2. The zero-order chi connectivity index (χ0) is 16.4. The molecule has 3 aliphatic rings. The summed E-state index contributed by atoms with van der Waals surface area (Å²) in [7, 11) is 0. The highest BCUT2D eigenvalue weighted by molar-refractivity contribution is 5.74. The van der Waals surface area contributed by atoms with Gasteiger partial charge in [0.15, 0.2) is 0 Å². The number of amides is 2. The monoisotopic (exact) mass is 333 g/mol. The van der Waals surface area contributed by atoms with Gasteiger partial charge in [-0.05, 0) is 25.9 Å². The number of piperidine rings is 1. The van der Waals surface area contributed by atoms with E-state index in [2.05, 4.69) is 15.7 Å². The van der Waals surface area contributed by atoms with Crippen LogP contribution in [0.2, 0.25) is 0 Å². The third-order valence-electron chi connectivity index (χ3n) is 5.24. The summed E-state index contributed by atoms with van der Waals surface area (Å²) < 4.78 is 7.56. The predicted octanol–water partition coefficient (Wildman–Crippen LogP) is 1.14. The Morgan fingerprint density at radius 3 is 2.58 bits per heavy atom. The summed E-state index contributed by atoms with van der Waals surface area (Å²) >= 11 is 0. The Morgan fingerprint density at radius 2 is 1.79 bits per heavy atom. The minimum Gasteiger partial charge on any atom is -0.378 e. The molecular formula is C17H27N5O2. The molecule has 2 amide bonds. The van der Waals surface area contributed by atoms with Gasteiger partial charge in [0, 0.05) is 38.9 Å². The molecule has 0 aliphatic carbocycles. The molecular weight excluding hydrogens is 306 g/mol. The number of urea groups is 1. The Kier molecular flexibility index (Phi) is 4.71. The van der Waals surface area contributed by atoms with Gasteiger partial charge >= 0.3 is 6.03 Å². The van der Waals surface area contributed by atoms with Crippen LogP contribution in [0.25, 0.3) is 0 Å². The van der Waals surface area contributed by atoms with Crippen molar-refractivity contribution in [1.82, 2.24) is 24.3 Å². The lowest BCUT2D eigenvalue weighted by molar-refractivity contribution is 0.0408. The normalized spacial score (nSPS) is 22.5. The van der Waals surface area contributed by atoms with Crippen molar-refractivity contribution >= 4 is 6.03 Å². The fraction of sp³-hybridized carbons (Fsp3) is 0.765. The van der Waals surface area contributed by atoms with Gasteiger partial charge in [-0.1, -0.05) is 6.42 Å². The molecule has 0 aromatic carbocycles. The molecule has 0 unspecified atom stereocenters. The van der Waals surface area contributed by atoms with Crippen molar-refractivity contribution in [2.75, 3.05) is 45.9 Å². The Bertz CT molecular complexity index is 576. The molecule has 3 aliphatic heterocycles. The molecule has 1 aromatic rings. The average Bonchev–Trinajstić information content (AvgIpc) is 3.04. The van der Waals surface area contributed by atoms with E-state index < -0.39 is 0 Å². The van der Waals surface area contributed by atoms with Crippen molar-refractivity contribution in [3.63, 3.8) is 0 Å². The van der Waals surface area contributed by atoms with Crippen LogP contribution in [-0.2, 0) is 24.4 Å². The number of aromatic nitrogens is 2. The summed E-state index contributed by atoms with van der Waals surface area (Å²) in [6.45, 7) is 8.23. The highest BCUT2D eigenvalue weighted by Gasteiger charge is 2.27. The van der Waals surface area contributed by atoms with Crippen LogP contribution in [-0.4, -0.2) is 76.2 Å². The van der Waals surface area contributed by atoms with E-state index in [4.69, 9.17) is 9.72 Å². The number of hydrogen-bond donors (Lipinski definition) is 0. The molecule has 0 saturated carbocycles. The number of carbonyl (C=O) groups excluding carboxylic acids is 1. The van der Waals surface area contributed by atoms with E-state index in [1.165, 1.54) is 32.4 Å². The quantitative estimate of drug-likeness (QED) is 0.814. The van der Waals surface area contributed by atoms with E-state index in [9.17, 15) is 4.79 Å². The molecule has 0 bridgehead atoms. The number of fused-ring (bicyclic) bond motifs is 1. The van der Waals surface area contributed by atoms with Crippen LogP contribution in [0.4, 0.5) is 4.79 Å². The molecule has 7 heteroatoms. The lowest BCUT2D eigenvalue weighted by Gasteiger charge is -2.34. The van der Waals surface area contributed by atoms with Gasteiger partial charge in [-0.3, -0.25) is 4.90 Å². The fourth-order valence-electron chi connectivity index (χ4n) is 3.85. The molecule has 2 fully saturated rings. The molecule has 1 aromatic heterocycles. The number of likely N-dealkylation sites (tertiary alicyclic amines) is 1. The third-order valence-corrected chi connectivity index (χ3v) is 5.24. The lowest BCUT2D eigenvalue weighted by atomic mass is 10.1. The minimum atomic E-state index is 0.130.